The van der Waals surface area contributed by atoms with Crippen LogP contribution in [0.25, 0.3) is 0 Å². The first-order chi connectivity index (χ1) is 15.2. The molecule has 2 aliphatic rings. The molecule has 7 heteroatoms. The predicted molar refractivity (Wildman–Crippen MR) is 121 cm³/mol. The van der Waals surface area contributed by atoms with Crippen LogP contribution >= 0.6 is 11.8 Å². The van der Waals surface area contributed by atoms with Gasteiger partial charge in [0.05, 0.1) is 25.7 Å². The molecule has 0 aliphatic carbocycles. The molecule has 0 bridgehead atoms. The summed E-state index contributed by atoms with van der Waals surface area (Å²) in [6, 6.07) is 22.2. The summed E-state index contributed by atoms with van der Waals surface area (Å²) in [5, 5.41) is 10.3. The van der Waals surface area contributed by atoms with Crippen LogP contribution in [0.1, 0.15) is 17.5 Å². The fourth-order valence-corrected chi connectivity index (χ4v) is 4.94. The third kappa shape index (κ3) is 5.28. The molecule has 6 nitrogen and oxygen atoms in total. The van der Waals surface area contributed by atoms with Crippen molar-refractivity contribution in [3.63, 3.8) is 0 Å². The van der Waals surface area contributed by atoms with E-state index in [1.807, 2.05) is 79.7 Å². The maximum atomic E-state index is 9.43. The molecule has 4 rings (SSSR count). The fraction of sp³-hybridized carbons (Fsp3) is 0.417. The van der Waals surface area contributed by atoms with E-state index < -0.39 is 6.10 Å². The molecule has 1 saturated heterocycles. The second kappa shape index (κ2) is 10.3. The first-order valence-electron chi connectivity index (χ1n) is 10.4. The second-order valence-corrected chi connectivity index (χ2v) is 8.91. The van der Waals surface area contributed by atoms with E-state index >= 15 is 0 Å². The fourth-order valence-electron chi connectivity index (χ4n) is 3.79. The van der Waals surface area contributed by atoms with Crippen molar-refractivity contribution < 1.29 is 14.2 Å². The van der Waals surface area contributed by atoms with Crippen molar-refractivity contribution in [2.75, 3.05) is 14.1 Å². The Labute approximate surface area is 187 Å². The van der Waals surface area contributed by atoms with Gasteiger partial charge in [-0.1, -0.05) is 72.4 Å². The SMILES string of the molecule is CN(C)C1=N[C@H]2C(OC(CC#N)[C@@H](OCc3ccccc3)[C@@H]2OCc2ccccc2)S1. The highest BCUT2D eigenvalue weighted by Crippen LogP contribution is 2.40. The number of aliphatic imine (C=N–C) groups is 1. The number of nitrogens with zero attached hydrogens (tertiary/aromatic N) is 3. The molecule has 0 radical (unpaired) electrons. The highest BCUT2D eigenvalue weighted by molar-refractivity contribution is 8.14. The van der Waals surface area contributed by atoms with Crippen LogP contribution in [-0.4, -0.2) is 54.0 Å². The molecule has 2 heterocycles. The minimum absolute atomic E-state index is 0.187. The molecule has 0 spiro atoms. The Bertz CT molecular complexity index is 917. The Morgan fingerprint density at radius 3 is 2.10 bits per heavy atom. The van der Waals surface area contributed by atoms with Crippen molar-refractivity contribution in [1.82, 2.24) is 4.90 Å². The summed E-state index contributed by atoms with van der Waals surface area (Å²) in [7, 11) is 3.94. The van der Waals surface area contributed by atoms with E-state index in [1.54, 1.807) is 11.8 Å². The third-order valence-electron chi connectivity index (χ3n) is 5.34. The number of amidine groups is 1. The normalized spacial score (nSPS) is 27.3. The van der Waals surface area contributed by atoms with Crippen LogP contribution in [0.4, 0.5) is 0 Å². The molecule has 2 unspecified atom stereocenters. The molecule has 2 aliphatic heterocycles. The number of hydrogen-bond donors (Lipinski definition) is 0. The number of thioether (sulfide) groups is 1. The van der Waals surface area contributed by atoms with Gasteiger partial charge < -0.3 is 19.1 Å². The van der Waals surface area contributed by atoms with Crippen molar-refractivity contribution in [1.29, 1.82) is 5.26 Å². The first-order valence-corrected chi connectivity index (χ1v) is 11.3. The smallest absolute Gasteiger partial charge is 0.161 e. The molecule has 1 fully saturated rings. The van der Waals surface area contributed by atoms with Gasteiger partial charge in [-0.05, 0) is 11.1 Å². The Hall–Kier alpha value is -2.37. The Balaban J connectivity index is 1.58. The standard InChI is InChI=1S/C24H27N3O3S/c1-27(2)24-26-20-22(29-16-18-11-7-4-8-12-18)21(19(13-14-25)30-23(20)31-24)28-15-17-9-5-3-6-10-17/h3-12,19-23H,13,15-16H2,1-2H3/t19?,20-,21-,22-,23?/m1/s1. The van der Waals surface area contributed by atoms with Gasteiger partial charge >= 0.3 is 0 Å². The molecular formula is C24H27N3O3S. The number of benzene rings is 2. The molecule has 0 N–H and O–H groups in total. The van der Waals surface area contributed by atoms with Gasteiger partial charge in [0.25, 0.3) is 0 Å². The first kappa shape index (κ1) is 21.8. The van der Waals surface area contributed by atoms with Crippen molar-refractivity contribution in [3.8, 4) is 6.07 Å². The largest absolute Gasteiger partial charge is 0.368 e. The topological polar surface area (TPSA) is 67.1 Å². The average molecular weight is 438 g/mol. The monoisotopic (exact) mass is 437 g/mol. The minimum Gasteiger partial charge on any atom is -0.368 e. The Morgan fingerprint density at radius 2 is 1.55 bits per heavy atom. The van der Waals surface area contributed by atoms with E-state index in [0.29, 0.717) is 13.2 Å². The summed E-state index contributed by atoms with van der Waals surface area (Å²) < 4.78 is 19.1. The summed E-state index contributed by atoms with van der Waals surface area (Å²) >= 11 is 1.58. The van der Waals surface area contributed by atoms with Crippen LogP contribution < -0.4 is 0 Å². The summed E-state index contributed by atoms with van der Waals surface area (Å²) in [6.07, 6.45) is -0.840. The number of nitriles is 1. The second-order valence-electron chi connectivity index (χ2n) is 7.84. The highest BCUT2D eigenvalue weighted by atomic mass is 32.2. The summed E-state index contributed by atoms with van der Waals surface area (Å²) in [5.41, 5.74) is 1.97. The van der Waals surface area contributed by atoms with E-state index in [-0.39, 0.29) is 30.1 Å². The zero-order valence-electron chi connectivity index (χ0n) is 17.8. The van der Waals surface area contributed by atoms with Crippen molar-refractivity contribution in [2.24, 2.45) is 4.99 Å². The van der Waals surface area contributed by atoms with Gasteiger partial charge in [-0.25, -0.2) is 0 Å². The summed E-state index contributed by atoms with van der Waals surface area (Å²) in [6.45, 7) is 0.882. The molecule has 31 heavy (non-hydrogen) atoms. The summed E-state index contributed by atoms with van der Waals surface area (Å²) in [4.78, 5) is 6.88. The molecule has 5 atom stereocenters. The van der Waals surface area contributed by atoms with Gasteiger partial charge in [0.2, 0.25) is 0 Å². The van der Waals surface area contributed by atoms with Crippen LogP contribution in [0.2, 0.25) is 0 Å². The van der Waals surface area contributed by atoms with Crippen LogP contribution in [0.3, 0.4) is 0 Å². The lowest BCUT2D eigenvalue weighted by atomic mass is 9.95. The zero-order valence-corrected chi connectivity index (χ0v) is 18.6. The number of rotatable bonds is 7. The van der Waals surface area contributed by atoms with Gasteiger partial charge in [-0.3, -0.25) is 4.99 Å². The minimum atomic E-state index is -0.393. The average Bonchev–Trinajstić information content (AvgIpc) is 3.22. The van der Waals surface area contributed by atoms with E-state index in [9.17, 15) is 5.26 Å². The summed E-state index contributed by atoms with van der Waals surface area (Å²) in [5.74, 6) is 0. The molecule has 0 aromatic heterocycles. The van der Waals surface area contributed by atoms with Crippen molar-refractivity contribution in [3.05, 3.63) is 71.8 Å². The lowest BCUT2D eigenvalue weighted by Gasteiger charge is -2.42. The van der Waals surface area contributed by atoms with Gasteiger partial charge in [-0.15, -0.1) is 0 Å². The van der Waals surface area contributed by atoms with Crippen LogP contribution in [0, 0.1) is 11.3 Å². The molecular weight excluding hydrogens is 410 g/mol. The highest BCUT2D eigenvalue weighted by Gasteiger charge is 2.51. The van der Waals surface area contributed by atoms with E-state index in [1.165, 1.54) is 0 Å². The molecule has 2 aromatic carbocycles. The van der Waals surface area contributed by atoms with E-state index in [4.69, 9.17) is 19.2 Å². The molecule has 2 aromatic rings. The number of fused-ring (bicyclic) bond motifs is 1. The van der Waals surface area contributed by atoms with Crippen LogP contribution in [0.5, 0.6) is 0 Å². The maximum Gasteiger partial charge on any atom is 0.161 e. The van der Waals surface area contributed by atoms with Gasteiger partial charge in [0.1, 0.15) is 29.8 Å². The number of ether oxygens (including phenoxy) is 3. The molecule has 0 amide bonds. The lowest BCUT2D eigenvalue weighted by Crippen LogP contribution is -2.56. The third-order valence-corrected chi connectivity index (χ3v) is 6.64. The maximum absolute atomic E-state index is 9.43. The van der Waals surface area contributed by atoms with Gasteiger partial charge in [0.15, 0.2) is 5.17 Å². The predicted octanol–water partition coefficient (Wildman–Crippen LogP) is 3.83. The lowest BCUT2D eigenvalue weighted by molar-refractivity contribution is -0.196. The number of hydrogen-bond acceptors (Lipinski definition) is 7. The van der Waals surface area contributed by atoms with Gasteiger partial charge in [0, 0.05) is 14.1 Å². The Kier molecular flexibility index (Phi) is 7.25. The van der Waals surface area contributed by atoms with E-state index in [0.717, 1.165) is 16.3 Å². The zero-order chi connectivity index (χ0) is 21.6. The van der Waals surface area contributed by atoms with Crippen LogP contribution in [0.15, 0.2) is 65.7 Å². The molecule has 0 saturated carbocycles. The van der Waals surface area contributed by atoms with Gasteiger partial charge in [-0.2, -0.15) is 5.26 Å². The van der Waals surface area contributed by atoms with Crippen molar-refractivity contribution >= 4 is 16.9 Å². The Morgan fingerprint density at radius 1 is 0.968 bits per heavy atom. The van der Waals surface area contributed by atoms with E-state index in [2.05, 4.69) is 6.07 Å². The van der Waals surface area contributed by atoms with Crippen LogP contribution in [-0.2, 0) is 27.4 Å². The molecule has 162 valence electrons. The van der Waals surface area contributed by atoms with Crippen molar-refractivity contribution in [2.45, 2.75) is 49.4 Å². The quantitative estimate of drug-likeness (QED) is 0.656.